The first kappa shape index (κ1) is 13.1. The van der Waals surface area contributed by atoms with E-state index in [1.165, 1.54) is 19.1 Å². The van der Waals surface area contributed by atoms with Crippen molar-refractivity contribution >= 4 is 18.0 Å². The lowest BCUT2D eigenvalue weighted by molar-refractivity contribution is -0.146. The van der Waals surface area contributed by atoms with E-state index in [-0.39, 0.29) is 23.3 Å². The Morgan fingerprint density at radius 1 is 1.41 bits per heavy atom. The Morgan fingerprint density at radius 2 is 2.06 bits per heavy atom. The van der Waals surface area contributed by atoms with Gasteiger partial charge in [-0.15, -0.1) is 0 Å². The molecule has 0 radical (unpaired) electrons. The highest BCUT2D eigenvalue weighted by molar-refractivity contribution is 5.84. The van der Waals surface area contributed by atoms with Gasteiger partial charge in [0.2, 0.25) is 0 Å². The van der Waals surface area contributed by atoms with Crippen LogP contribution in [0.1, 0.15) is 34.5 Å². The first-order valence-electron chi connectivity index (χ1n) is 4.94. The van der Waals surface area contributed by atoms with Gasteiger partial charge >= 0.3 is 5.97 Å². The molecule has 1 unspecified atom stereocenters. The van der Waals surface area contributed by atoms with Crippen LogP contribution in [0.5, 0.6) is 0 Å². The molecule has 0 aliphatic heterocycles. The van der Waals surface area contributed by atoms with Crippen molar-refractivity contribution in [2.45, 2.75) is 19.4 Å². The quantitative estimate of drug-likeness (QED) is 0.736. The molecule has 17 heavy (non-hydrogen) atoms. The second-order valence-electron chi connectivity index (χ2n) is 3.70. The van der Waals surface area contributed by atoms with Crippen LogP contribution in [0.4, 0.5) is 0 Å². The number of Topliss-reactive ketones (excluding diaryl/α,β-unsaturated/α-hetero) is 1. The first-order chi connectivity index (χ1) is 7.95. The highest BCUT2D eigenvalue weighted by atomic mass is 16.4. The number of hydrogen-bond acceptors (Lipinski definition) is 4. The summed E-state index contributed by atoms with van der Waals surface area (Å²) in [7, 11) is 0. The van der Waals surface area contributed by atoms with Crippen LogP contribution in [0.15, 0.2) is 18.2 Å². The number of aldehydes is 1. The SMILES string of the molecule is CC(=O)Cc1ccc(C=O)c(C(O)C(=O)O)c1. The number of carboxylic acid groups (broad SMARTS) is 1. The summed E-state index contributed by atoms with van der Waals surface area (Å²) in [5, 5.41) is 18.1. The maximum Gasteiger partial charge on any atom is 0.337 e. The normalized spacial score (nSPS) is 11.9. The molecule has 2 N–H and O–H groups in total. The van der Waals surface area contributed by atoms with Gasteiger partial charge in [0.25, 0.3) is 0 Å². The Bertz CT molecular complexity index is 464. The number of rotatable bonds is 5. The lowest BCUT2D eigenvalue weighted by Crippen LogP contribution is -2.13. The summed E-state index contributed by atoms with van der Waals surface area (Å²) in [6.45, 7) is 1.40. The van der Waals surface area contributed by atoms with E-state index in [1.807, 2.05) is 0 Å². The van der Waals surface area contributed by atoms with E-state index in [2.05, 4.69) is 0 Å². The molecule has 1 rings (SSSR count). The predicted molar refractivity (Wildman–Crippen MR) is 58.8 cm³/mol. The zero-order chi connectivity index (χ0) is 13.0. The smallest absolute Gasteiger partial charge is 0.337 e. The van der Waals surface area contributed by atoms with Crippen molar-refractivity contribution in [1.29, 1.82) is 0 Å². The number of aliphatic hydroxyl groups is 1. The van der Waals surface area contributed by atoms with Crippen molar-refractivity contribution in [2.24, 2.45) is 0 Å². The summed E-state index contributed by atoms with van der Waals surface area (Å²) in [4.78, 5) is 32.3. The molecule has 1 aromatic carbocycles. The molecule has 0 aliphatic carbocycles. The fourth-order valence-corrected chi connectivity index (χ4v) is 1.50. The van der Waals surface area contributed by atoms with E-state index >= 15 is 0 Å². The molecule has 5 heteroatoms. The summed E-state index contributed by atoms with van der Waals surface area (Å²) in [6, 6.07) is 4.32. The molecule has 0 bridgehead atoms. The Morgan fingerprint density at radius 3 is 2.53 bits per heavy atom. The van der Waals surface area contributed by atoms with Crippen LogP contribution >= 0.6 is 0 Å². The Balaban J connectivity index is 3.19. The minimum absolute atomic E-state index is 0.00579. The van der Waals surface area contributed by atoms with Gasteiger partial charge in [0.1, 0.15) is 12.1 Å². The van der Waals surface area contributed by atoms with Crippen LogP contribution in [-0.4, -0.2) is 28.3 Å². The van der Waals surface area contributed by atoms with Gasteiger partial charge in [-0.3, -0.25) is 9.59 Å². The first-order valence-corrected chi connectivity index (χ1v) is 4.94. The number of hydrogen-bond donors (Lipinski definition) is 2. The molecular weight excluding hydrogens is 224 g/mol. The molecule has 0 fully saturated rings. The van der Waals surface area contributed by atoms with Crippen molar-refractivity contribution in [3.8, 4) is 0 Å². The molecule has 0 saturated carbocycles. The number of carbonyl (C=O) groups is 3. The van der Waals surface area contributed by atoms with E-state index in [4.69, 9.17) is 5.11 Å². The lowest BCUT2D eigenvalue weighted by Gasteiger charge is -2.10. The van der Waals surface area contributed by atoms with Crippen molar-refractivity contribution in [3.05, 3.63) is 34.9 Å². The zero-order valence-electron chi connectivity index (χ0n) is 9.21. The summed E-state index contributed by atoms with van der Waals surface area (Å²) in [5.74, 6) is -1.52. The third kappa shape index (κ3) is 3.22. The maximum atomic E-state index is 10.9. The average molecular weight is 236 g/mol. The monoisotopic (exact) mass is 236 g/mol. The van der Waals surface area contributed by atoms with Gasteiger partial charge in [0, 0.05) is 17.5 Å². The van der Waals surface area contributed by atoms with E-state index < -0.39 is 12.1 Å². The molecule has 5 nitrogen and oxygen atoms in total. The van der Waals surface area contributed by atoms with Crippen LogP contribution in [0.2, 0.25) is 0 Å². The molecular formula is C12H12O5. The number of benzene rings is 1. The third-order valence-electron chi connectivity index (χ3n) is 2.26. The fraction of sp³-hybridized carbons (Fsp3) is 0.250. The van der Waals surface area contributed by atoms with E-state index in [9.17, 15) is 19.5 Å². The molecule has 90 valence electrons. The maximum absolute atomic E-state index is 10.9. The zero-order valence-corrected chi connectivity index (χ0v) is 9.21. The molecule has 0 aromatic heterocycles. The molecule has 1 atom stereocenters. The minimum Gasteiger partial charge on any atom is -0.479 e. The molecule has 0 amide bonds. The van der Waals surface area contributed by atoms with Gasteiger partial charge in [0.15, 0.2) is 6.10 Å². The van der Waals surface area contributed by atoms with Crippen LogP contribution in [0.25, 0.3) is 0 Å². The molecule has 0 aliphatic rings. The number of carbonyl (C=O) groups excluding carboxylic acids is 2. The topological polar surface area (TPSA) is 91.7 Å². The Hall–Kier alpha value is -2.01. The number of aliphatic carboxylic acids is 1. The van der Waals surface area contributed by atoms with Gasteiger partial charge in [-0.05, 0) is 12.5 Å². The van der Waals surface area contributed by atoms with Crippen molar-refractivity contribution < 1.29 is 24.6 Å². The van der Waals surface area contributed by atoms with Gasteiger partial charge in [0.05, 0.1) is 0 Å². The molecule has 1 aromatic rings. The highest BCUT2D eigenvalue weighted by Crippen LogP contribution is 2.19. The summed E-state index contributed by atoms with van der Waals surface area (Å²) >= 11 is 0. The van der Waals surface area contributed by atoms with E-state index in [0.717, 1.165) is 0 Å². The van der Waals surface area contributed by atoms with Crippen LogP contribution < -0.4 is 0 Å². The Kier molecular flexibility index (Phi) is 4.12. The third-order valence-corrected chi connectivity index (χ3v) is 2.26. The highest BCUT2D eigenvalue weighted by Gasteiger charge is 2.19. The van der Waals surface area contributed by atoms with E-state index in [1.54, 1.807) is 6.07 Å². The predicted octanol–water partition coefficient (Wildman–Crippen LogP) is 0.749. The standard InChI is InChI=1S/C12H12O5/c1-7(14)4-8-2-3-9(6-13)10(5-8)11(15)12(16)17/h2-3,5-6,11,15H,4H2,1H3,(H,16,17). The van der Waals surface area contributed by atoms with Gasteiger partial charge < -0.3 is 10.2 Å². The summed E-state index contributed by atoms with van der Waals surface area (Å²) in [5.41, 5.74) is 0.678. The van der Waals surface area contributed by atoms with Crippen molar-refractivity contribution in [3.63, 3.8) is 0 Å². The van der Waals surface area contributed by atoms with Gasteiger partial charge in [-0.2, -0.15) is 0 Å². The van der Waals surface area contributed by atoms with Crippen LogP contribution in [0.3, 0.4) is 0 Å². The van der Waals surface area contributed by atoms with Gasteiger partial charge in [-0.1, -0.05) is 18.2 Å². The van der Waals surface area contributed by atoms with Crippen LogP contribution in [0, 0.1) is 0 Å². The largest absolute Gasteiger partial charge is 0.479 e. The molecule has 0 saturated heterocycles. The van der Waals surface area contributed by atoms with Crippen LogP contribution in [-0.2, 0) is 16.0 Å². The summed E-state index contributed by atoms with van der Waals surface area (Å²) in [6.07, 6.45) is -1.15. The fourth-order valence-electron chi connectivity index (χ4n) is 1.50. The summed E-state index contributed by atoms with van der Waals surface area (Å²) < 4.78 is 0. The Labute approximate surface area is 97.7 Å². The second kappa shape index (κ2) is 5.36. The van der Waals surface area contributed by atoms with E-state index in [0.29, 0.717) is 11.8 Å². The van der Waals surface area contributed by atoms with Crippen molar-refractivity contribution in [1.82, 2.24) is 0 Å². The van der Waals surface area contributed by atoms with Gasteiger partial charge in [-0.25, -0.2) is 4.79 Å². The average Bonchev–Trinajstić information content (AvgIpc) is 2.27. The minimum atomic E-state index is -1.76. The van der Waals surface area contributed by atoms with Crippen molar-refractivity contribution in [2.75, 3.05) is 0 Å². The number of ketones is 1. The molecule has 0 heterocycles. The number of carboxylic acids is 1. The number of aliphatic hydroxyl groups excluding tert-OH is 1. The molecule has 0 spiro atoms. The second-order valence-corrected chi connectivity index (χ2v) is 3.70. The lowest BCUT2D eigenvalue weighted by atomic mass is 9.98.